The summed E-state index contributed by atoms with van der Waals surface area (Å²) in [6.45, 7) is 6.66. The molecule has 1 amide bonds. The maximum atomic E-state index is 11.9. The van der Waals surface area contributed by atoms with E-state index in [9.17, 15) is 4.79 Å². The summed E-state index contributed by atoms with van der Waals surface area (Å²) in [5, 5.41) is 7.41. The number of methoxy groups -OCH3 is 1. The minimum atomic E-state index is -0.0321. The van der Waals surface area contributed by atoms with Crippen molar-refractivity contribution < 1.29 is 9.53 Å². The van der Waals surface area contributed by atoms with Crippen molar-refractivity contribution in [2.45, 2.75) is 25.2 Å². The number of nitrogens with one attached hydrogen (secondary N) is 2. The highest BCUT2D eigenvalue weighted by atomic mass is 35.5. The number of ether oxygens (including phenoxy) is 1. The number of carbonyl (C=O) groups excluding carboxylic acids is 1. The molecule has 0 aromatic heterocycles. The van der Waals surface area contributed by atoms with Gasteiger partial charge >= 0.3 is 0 Å². The van der Waals surface area contributed by atoms with Crippen LogP contribution < -0.4 is 10.6 Å². The van der Waals surface area contributed by atoms with Crippen LogP contribution in [0.15, 0.2) is 34.2 Å². The van der Waals surface area contributed by atoms with Crippen LogP contribution in [-0.4, -0.2) is 70.0 Å². The third-order valence-corrected chi connectivity index (χ3v) is 5.33. The molecule has 0 bridgehead atoms. The largest absolute Gasteiger partial charge is 0.385 e. The lowest BCUT2D eigenvalue weighted by atomic mass is 9.90. The lowest BCUT2D eigenvalue weighted by Crippen LogP contribution is -2.43. The van der Waals surface area contributed by atoms with Gasteiger partial charge in [0.25, 0.3) is 0 Å². The van der Waals surface area contributed by atoms with E-state index in [0.29, 0.717) is 12.6 Å². The van der Waals surface area contributed by atoms with Crippen LogP contribution >= 0.6 is 23.4 Å². The number of halogens is 1. The van der Waals surface area contributed by atoms with Gasteiger partial charge in [-0.2, -0.15) is 0 Å². The van der Waals surface area contributed by atoms with E-state index in [0.717, 1.165) is 30.3 Å². The number of benzene rings is 1. The molecule has 1 rings (SSSR count). The molecular formula is C20H33ClN4O2S. The number of rotatable bonds is 11. The Hall–Kier alpha value is -1.44. The summed E-state index contributed by atoms with van der Waals surface area (Å²) in [4.78, 5) is 19.0. The summed E-state index contributed by atoms with van der Waals surface area (Å²) in [5.74, 6) is 1.49. The predicted octanol–water partition coefficient (Wildman–Crippen LogP) is 3.12. The monoisotopic (exact) mass is 428 g/mol. The van der Waals surface area contributed by atoms with Gasteiger partial charge in [-0.05, 0) is 36.1 Å². The zero-order chi connectivity index (χ0) is 21.0. The quantitative estimate of drug-likeness (QED) is 0.245. The SMILES string of the molecule is COCCC(C)(C)CNC(=NCC(=O)N(C)C)NCCSc1ccc(Cl)cc1. The highest BCUT2D eigenvalue weighted by Gasteiger charge is 2.18. The van der Waals surface area contributed by atoms with Gasteiger partial charge in [0.05, 0.1) is 0 Å². The predicted molar refractivity (Wildman–Crippen MR) is 119 cm³/mol. The average Bonchev–Trinajstić information content (AvgIpc) is 2.66. The molecule has 1 aromatic rings. The van der Waals surface area contributed by atoms with E-state index >= 15 is 0 Å². The molecule has 0 aliphatic rings. The van der Waals surface area contributed by atoms with Gasteiger partial charge in [0, 0.05) is 56.6 Å². The summed E-state index contributed by atoms with van der Waals surface area (Å²) < 4.78 is 5.18. The van der Waals surface area contributed by atoms with Crippen molar-refractivity contribution in [3.05, 3.63) is 29.3 Å². The summed E-state index contributed by atoms with van der Waals surface area (Å²) in [5.41, 5.74) is 0.0576. The Morgan fingerprint density at radius 3 is 2.54 bits per heavy atom. The summed E-state index contributed by atoms with van der Waals surface area (Å²) in [6.07, 6.45) is 0.937. The van der Waals surface area contributed by atoms with Gasteiger partial charge in [0.2, 0.25) is 5.91 Å². The van der Waals surface area contributed by atoms with Crippen LogP contribution in [0.2, 0.25) is 5.02 Å². The minimum Gasteiger partial charge on any atom is -0.385 e. The van der Waals surface area contributed by atoms with Gasteiger partial charge in [-0.1, -0.05) is 25.4 Å². The number of aliphatic imine (C=N–C) groups is 1. The summed E-state index contributed by atoms with van der Waals surface area (Å²) in [6, 6.07) is 7.80. The van der Waals surface area contributed by atoms with Crippen molar-refractivity contribution in [2.24, 2.45) is 10.4 Å². The number of thioether (sulfide) groups is 1. The average molecular weight is 429 g/mol. The Kier molecular flexibility index (Phi) is 11.3. The third-order valence-electron chi connectivity index (χ3n) is 4.07. The van der Waals surface area contributed by atoms with Gasteiger partial charge in [-0.25, -0.2) is 4.99 Å². The smallest absolute Gasteiger partial charge is 0.243 e. The standard InChI is InChI=1S/C20H33ClN4O2S/c1-20(2,10-12-27-5)15-24-19(23-14-18(26)25(3)4)22-11-13-28-17-8-6-16(21)7-9-17/h6-9H,10-15H2,1-5H3,(H2,22,23,24). The van der Waals surface area contributed by atoms with E-state index in [1.807, 2.05) is 24.3 Å². The highest BCUT2D eigenvalue weighted by molar-refractivity contribution is 7.99. The first-order chi connectivity index (χ1) is 13.2. The number of hydrogen-bond acceptors (Lipinski definition) is 4. The van der Waals surface area contributed by atoms with E-state index in [1.54, 1.807) is 37.9 Å². The third kappa shape index (κ3) is 10.8. The molecule has 0 saturated carbocycles. The van der Waals surface area contributed by atoms with Crippen molar-refractivity contribution in [3.8, 4) is 0 Å². The molecule has 1 aromatic carbocycles. The first-order valence-corrected chi connectivity index (χ1v) is 10.7. The van der Waals surface area contributed by atoms with Crippen LogP contribution in [0.25, 0.3) is 0 Å². The van der Waals surface area contributed by atoms with Crippen LogP contribution in [0.1, 0.15) is 20.3 Å². The summed E-state index contributed by atoms with van der Waals surface area (Å²) in [7, 11) is 5.17. The maximum Gasteiger partial charge on any atom is 0.243 e. The lowest BCUT2D eigenvalue weighted by molar-refractivity contribution is -0.127. The number of hydrogen-bond donors (Lipinski definition) is 2. The van der Waals surface area contributed by atoms with E-state index in [2.05, 4.69) is 29.5 Å². The second kappa shape index (κ2) is 12.9. The van der Waals surface area contributed by atoms with Crippen molar-refractivity contribution in [2.75, 3.05) is 53.2 Å². The van der Waals surface area contributed by atoms with E-state index in [1.165, 1.54) is 4.90 Å². The Bertz CT molecular complexity index is 621. The fourth-order valence-electron chi connectivity index (χ4n) is 2.12. The van der Waals surface area contributed by atoms with Crippen LogP contribution in [0, 0.1) is 5.41 Å². The molecule has 0 spiro atoms. The van der Waals surface area contributed by atoms with E-state index < -0.39 is 0 Å². The van der Waals surface area contributed by atoms with Crippen LogP contribution in [0.5, 0.6) is 0 Å². The number of carbonyl (C=O) groups is 1. The molecule has 0 unspecified atom stereocenters. The Labute approximate surface area is 178 Å². The minimum absolute atomic E-state index is 0.0321. The summed E-state index contributed by atoms with van der Waals surface area (Å²) >= 11 is 7.66. The molecule has 0 saturated heterocycles. The van der Waals surface area contributed by atoms with Crippen molar-refractivity contribution in [1.29, 1.82) is 0 Å². The molecule has 0 fully saturated rings. The second-order valence-corrected chi connectivity index (χ2v) is 9.05. The molecule has 0 heterocycles. The molecule has 8 heteroatoms. The zero-order valence-corrected chi connectivity index (χ0v) is 19.1. The van der Waals surface area contributed by atoms with Gasteiger partial charge in [0.1, 0.15) is 6.54 Å². The normalized spacial score (nSPS) is 12.0. The number of amides is 1. The fourth-order valence-corrected chi connectivity index (χ4v) is 3.02. The molecule has 0 aliphatic carbocycles. The van der Waals surface area contributed by atoms with E-state index in [-0.39, 0.29) is 17.9 Å². The molecule has 0 aliphatic heterocycles. The van der Waals surface area contributed by atoms with Gasteiger partial charge < -0.3 is 20.3 Å². The first-order valence-electron chi connectivity index (χ1n) is 9.33. The second-order valence-electron chi connectivity index (χ2n) is 7.44. The molecule has 0 atom stereocenters. The van der Waals surface area contributed by atoms with Crippen molar-refractivity contribution >= 4 is 35.2 Å². The lowest BCUT2D eigenvalue weighted by Gasteiger charge is -2.26. The van der Waals surface area contributed by atoms with Crippen molar-refractivity contribution in [3.63, 3.8) is 0 Å². The Morgan fingerprint density at radius 1 is 1.25 bits per heavy atom. The molecule has 158 valence electrons. The van der Waals surface area contributed by atoms with Gasteiger partial charge in [-0.3, -0.25) is 4.79 Å². The van der Waals surface area contributed by atoms with Gasteiger partial charge in [0.15, 0.2) is 5.96 Å². The topological polar surface area (TPSA) is 66.0 Å². The molecule has 0 radical (unpaired) electrons. The number of nitrogens with zero attached hydrogens (tertiary/aromatic N) is 2. The molecule has 28 heavy (non-hydrogen) atoms. The number of guanidine groups is 1. The Morgan fingerprint density at radius 2 is 1.93 bits per heavy atom. The first kappa shape index (κ1) is 24.6. The molecule has 2 N–H and O–H groups in total. The van der Waals surface area contributed by atoms with Crippen molar-refractivity contribution in [1.82, 2.24) is 15.5 Å². The van der Waals surface area contributed by atoms with E-state index in [4.69, 9.17) is 16.3 Å². The maximum absolute atomic E-state index is 11.9. The zero-order valence-electron chi connectivity index (χ0n) is 17.5. The number of likely N-dealkylation sites (N-methyl/N-ethyl adjacent to an activating group) is 1. The highest BCUT2D eigenvalue weighted by Crippen LogP contribution is 2.20. The molecule has 6 nitrogen and oxygen atoms in total. The van der Waals surface area contributed by atoms with Crippen LogP contribution in [-0.2, 0) is 9.53 Å². The van der Waals surface area contributed by atoms with Crippen LogP contribution in [0.4, 0.5) is 0 Å². The van der Waals surface area contributed by atoms with Crippen LogP contribution in [0.3, 0.4) is 0 Å². The Balaban J connectivity index is 2.55. The van der Waals surface area contributed by atoms with Gasteiger partial charge in [-0.15, -0.1) is 11.8 Å². The molecular weight excluding hydrogens is 396 g/mol. The fraction of sp³-hybridized carbons (Fsp3) is 0.600.